The van der Waals surface area contributed by atoms with Gasteiger partial charge in [0.15, 0.2) is 0 Å². The Bertz CT molecular complexity index is 377. The van der Waals surface area contributed by atoms with Gasteiger partial charge in [0.05, 0.1) is 12.6 Å². The maximum atomic E-state index is 12.1. The number of amides is 1. The molecule has 0 saturated carbocycles. The summed E-state index contributed by atoms with van der Waals surface area (Å²) >= 11 is 4.18. The Balaban J connectivity index is 2.15. The topological polar surface area (TPSA) is 40.5 Å². The van der Waals surface area contributed by atoms with Crippen LogP contribution in [0.3, 0.4) is 0 Å². The summed E-state index contributed by atoms with van der Waals surface area (Å²) in [5.41, 5.74) is 0.665. The molecule has 86 valence electrons. The molecule has 0 radical (unpaired) electrons. The van der Waals surface area contributed by atoms with Crippen LogP contribution in [0, 0.1) is 0 Å². The number of carbonyl (C=O) groups is 1. The first-order valence-corrected chi connectivity index (χ1v) is 5.88. The third kappa shape index (κ3) is 2.23. The highest BCUT2D eigenvalue weighted by atomic mass is 32.1. The van der Waals surface area contributed by atoms with Crippen molar-refractivity contribution >= 4 is 18.5 Å². The Morgan fingerprint density at radius 3 is 2.75 bits per heavy atom. The van der Waals surface area contributed by atoms with Gasteiger partial charge in [-0.1, -0.05) is 0 Å². The molecule has 1 aromatic rings. The molecular formula is C12H15NO2S. The van der Waals surface area contributed by atoms with Crippen LogP contribution in [0.25, 0.3) is 0 Å². The molecule has 1 saturated heterocycles. The Hall–Kier alpha value is -1.00. The minimum absolute atomic E-state index is 0.00452. The fourth-order valence-corrected chi connectivity index (χ4v) is 2.21. The molecule has 1 aliphatic heterocycles. The minimum atomic E-state index is -0.0109. The van der Waals surface area contributed by atoms with Gasteiger partial charge in [0.25, 0.3) is 5.91 Å². The zero-order valence-electron chi connectivity index (χ0n) is 8.97. The van der Waals surface area contributed by atoms with Gasteiger partial charge in [-0.15, -0.1) is 12.6 Å². The van der Waals surface area contributed by atoms with Gasteiger partial charge in [-0.3, -0.25) is 4.79 Å². The first kappa shape index (κ1) is 11.5. The maximum Gasteiger partial charge on any atom is 0.254 e. The first-order chi connectivity index (χ1) is 7.72. The van der Waals surface area contributed by atoms with Crippen molar-refractivity contribution in [2.75, 3.05) is 13.2 Å². The molecule has 0 bridgehead atoms. The molecule has 0 spiro atoms. The van der Waals surface area contributed by atoms with Crippen LogP contribution in [-0.2, 0) is 0 Å². The highest BCUT2D eigenvalue weighted by molar-refractivity contribution is 7.80. The molecule has 1 aromatic carbocycles. The Labute approximate surface area is 100 Å². The molecule has 1 N–H and O–H groups in total. The van der Waals surface area contributed by atoms with E-state index >= 15 is 0 Å². The molecule has 2 rings (SSSR count). The largest absolute Gasteiger partial charge is 0.394 e. The number of carbonyl (C=O) groups excluding carboxylic acids is 1. The zero-order valence-corrected chi connectivity index (χ0v) is 9.86. The van der Waals surface area contributed by atoms with E-state index in [4.69, 9.17) is 0 Å². The number of aliphatic hydroxyl groups excluding tert-OH is 1. The van der Waals surface area contributed by atoms with Crippen LogP contribution in [0.4, 0.5) is 0 Å². The van der Waals surface area contributed by atoms with Crippen molar-refractivity contribution in [3.63, 3.8) is 0 Å². The quantitative estimate of drug-likeness (QED) is 0.767. The van der Waals surface area contributed by atoms with Crippen LogP contribution >= 0.6 is 12.6 Å². The number of hydrogen-bond acceptors (Lipinski definition) is 3. The van der Waals surface area contributed by atoms with Crippen molar-refractivity contribution in [2.45, 2.75) is 23.8 Å². The number of benzene rings is 1. The van der Waals surface area contributed by atoms with Crippen molar-refractivity contribution in [3.8, 4) is 0 Å². The number of rotatable bonds is 2. The Morgan fingerprint density at radius 1 is 1.44 bits per heavy atom. The average molecular weight is 237 g/mol. The third-order valence-corrected chi connectivity index (χ3v) is 3.26. The van der Waals surface area contributed by atoms with E-state index in [0.29, 0.717) is 5.56 Å². The lowest BCUT2D eigenvalue weighted by Gasteiger charge is -2.23. The highest BCUT2D eigenvalue weighted by Gasteiger charge is 2.28. The third-order valence-electron chi connectivity index (χ3n) is 2.96. The number of hydrogen-bond donors (Lipinski definition) is 2. The van der Waals surface area contributed by atoms with Crippen LogP contribution in [-0.4, -0.2) is 35.1 Å². The molecule has 1 fully saturated rings. The van der Waals surface area contributed by atoms with Crippen molar-refractivity contribution in [1.29, 1.82) is 0 Å². The summed E-state index contributed by atoms with van der Waals surface area (Å²) in [6, 6.07) is 7.15. The molecule has 16 heavy (non-hydrogen) atoms. The van der Waals surface area contributed by atoms with Gasteiger partial charge in [-0.2, -0.15) is 0 Å². The fourth-order valence-electron chi connectivity index (χ4n) is 2.06. The maximum absolute atomic E-state index is 12.1. The summed E-state index contributed by atoms with van der Waals surface area (Å²) in [6.45, 7) is 0.795. The molecule has 1 aliphatic rings. The SMILES string of the molecule is O=C(c1ccc(S)cc1)N1CCCC1CO. The van der Waals surface area contributed by atoms with Crippen LogP contribution in [0.2, 0.25) is 0 Å². The zero-order chi connectivity index (χ0) is 11.5. The van der Waals surface area contributed by atoms with Gasteiger partial charge in [0.2, 0.25) is 0 Å². The van der Waals surface area contributed by atoms with Gasteiger partial charge in [0.1, 0.15) is 0 Å². The minimum Gasteiger partial charge on any atom is -0.394 e. The van der Waals surface area contributed by atoms with E-state index in [1.165, 1.54) is 0 Å². The van der Waals surface area contributed by atoms with E-state index < -0.39 is 0 Å². The van der Waals surface area contributed by atoms with Crippen LogP contribution in [0.15, 0.2) is 29.2 Å². The standard InChI is InChI=1S/C12H15NO2S/c14-8-10-2-1-7-13(10)12(15)9-3-5-11(16)6-4-9/h3-6,10,14,16H,1-2,7-8H2. The summed E-state index contributed by atoms with van der Waals surface area (Å²) in [7, 11) is 0. The number of thiol groups is 1. The van der Waals surface area contributed by atoms with Gasteiger partial charge >= 0.3 is 0 Å². The van der Waals surface area contributed by atoms with Crippen molar-refractivity contribution < 1.29 is 9.90 Å². The van der Waals surface area contributed by atoms with Gasteiger partial charge in [-0.25, -0.2) is 0 Å². The van der Waals surface area contributed by atoms with E-state index in [0.717, 1.165) is 24.3 Å². The Morgan fingerprint density at radius 2 is 2.12 bits per heavy atom. The summed E-state index contributed by atoms with van der Waals surface area (Å²) < 4.78 is 0. The van der Waals surface area contributed by atoms with Crippen molar-refractivity contribution in [2.24, 2.45) is 0 Å². The normalized spacial score (nSPS) is 20.1. The average Bonchev–Trinajstić information content (AvgIpc) is 2.77. The second-order valence-corrected chi connectivity index (χ2v) is 4.54. The molecule has 4 heteroatoms. The second-order valence-electron chi connectivity index (χ2n) is 4.02. The fraction of sp³-hybridized carbons (Fsp3) is 0.417. The Kier molecular flexibility index (Phi) is 3.51. The van der Waals surface area contributed by atoms with Gasteiger partial charge in [-0.05, 0) is 37.1 Å². The van der Waals surface area contributed by atoms with E-state index in [9.17, 15) is 9.90 Å². The molecule has 1 atom stereocenters. The smallest absolute Gasteiger partial charge is 0.254 e. The second kappa shape index (κ2) is 4.89. The molecule has 1 heterocycles. The van der Waals surface area contributed by atoms with Gasteiger partial charge in [0, 0.05) is 17.0 Å². The predicted molar refractivity (Wildman–Crippen MR) is 64.8 cm³/mol. The van der Waals surface area contributed by atoms with Crippen LogP contribution in [0.1, 0.15) is 23.2 Å². The predicted octanol–water partition coefficient (Wildman–Crippen LogP) is 1.57. The van der Waals surface area contributed by atoms with Gasteiger partial charge < -0.3 is 10.0 Å². The summed E-state index contributed by atoms with van der Waals surface area (Å²) in [4.78, 5) is 14.7. The van der Waals surface area contributed by atoms with Crippen molar-refractivity contribution in [1.82, 2.24) is 4.90 Å². The van der Waals surface area contributed by atoms with E-state index in [2.05, 4.69) is 12.6 Å². The van der Waals surface area contributed by atoms with Crippen LogP contribution in [0.5, 0.6) is 0 Å². The number of nitrogens with zero attached hydrogens (tertiary/aromatic N) is 1. The molecular weight excluding hydrogens is 222 g/mol. The summed E-state index contributed by atoms with van der Waals surface area (Å²) in [5, 5.41) is 9.17. The number of likely N-dealkylation sites (tertiary alicyclic amines) is 1. The molecule has 3 nitrogen and oxygen atoms in total. The van der Waals surface area contributed by atoms with E-state index in [1.54, 1.807) is 29.2 Å². The summed E-state index contributed by atoms with van der Waals surface area (Å²) in [5.74, 6) is 0.00452. The first-order valence-electron chi connectivity index (χ1n) is 5.43. The number of aliphatic hydroxyl groups is 1. The molecule has 0 aromatic heterocycles. The van der Waals surface area contributed by atoms with Crippen LogP contribution < -0.4 is 0 Å². The lowest BCUT2D eigenvalue weighted by molar-refractivity contribution is 0.0677. The summed E-state index contributed by atoms with van der Waals surface area (Å²) in [6.07, 6.45) is 1.87. The lowest BCUT2D eigenvalue weighted by atomic mass is 10.2. The van der Waals surface area contributed by atoms with E-state index in [-0.39, 0.29) is 18.6 Å². The highest BCUT2D eigenvalue weighted by Crippen LogP contribution is 2.20. The van der Waals surface area contributed by atoms with Crippen molar-refractivity contribution in [3.05, 3.63) is 29.8 Å². The van der Waals surface area contributed by atoms with E-state index in [1.807, 2.05) is 0 Å². The molecule has 1 amide bonds. The monoisotopic (exact) mass is 237 g/mol. The molecule has 1 unspecified atom stereocenters. The molecule has 0 aliphatic carbocycles. The lowest BCUT2D eigenvalue weighted by Crippen LogP contribution is -2.37.